The van der Waals surface area contributed by atoms with E-state index < -0.39 is 11.6 Å². The summed E-state index contributed by atoms with van der Waals surface area (Å²) in [7, 11) is 0. The van der Waals surface area contributed by atoms with Gasteiger partial charge in [-0.1, -0.05) is 25.5 Å². The molecule has 0 aromatic carbocycles. The van der Waals surface area contributed by atoms with Crippen molar-refractivity contribution in [2.45, 2.75) is 78.8 Å². The molecule has 1 aliphatic heterocycles. The number of carbonyl (C=O) groups is 2. The van der Waals surface area contributed by atoms with Crippen molar-refractivity contribution in [3.63, 3.8) is 0 Å². The highest BCUT2D eigenvalue weighted by atomic mass is 16.4. The van der Waals surface area contributed by atoms with E-state index in [2.05, 4.69) is 20.8 Å². The summed E-state index contributed by atoms with van der Waals surface area (Å²) < 4.78 is 0. The predicted molar refractivity (Wildman–Crippen MR) is 104 cm³/mol. The number of likely N-dealkylation sites (tertiary alicyclic amines) is 1. The largest absolute Gasteiger partial charge is 0.465 e. The van der Waals surface area contributed by atoms with Gasteiger partial charge in [-0.05, 0) is 64.4 Å². The molecule has 146 valence electrons. The molecule has 0 spiro atoms. The van der Waals surface area contributed by atoms with Crippen LogP contribution in [0.25, 0.3) is 0 Å². The van der Waals surface area contributed by atoms with Crippen LogP contribution >= 0.6 is 0 Å². The van der Waals surface area contributed by atoms with Gasteiger partial charge in [-0.2, -0.15) is 0 Å². The second-order valence-corrected chi connectivity index (χ2v) is 9.31. The Labute approximate surface area is 157 Å². The minimum atomic E-state index is -0.919. The van der Waals surface area contributed by atoms with Crippen LogP contribution in [0.4, 0.5) is 4.79 Å². The zero-order valence-corrected chi connectivity index (χ0v) is 17.1. The van der Waals surface area contributed by atoms with Crippen molar-refractivity contribution in [2.75, 3.05) is 13.1 Å². The lowest BCUT2D eigenvalue weighted by Crippen LogP contribution is -2.52. The van der Waals surface area contributed by atoms with E-state index in [0.717, 1.165) is 12.8 Å². The van der Waals surface area contributed by atoms with Crippen molar-refractivity contribution < 1.29 is 14.7 Å². The van der Waals surface area contributed by atoms with Crippen LogP contribution in [-0.4, -0.2) is 51.6 Å². The number of amides is 2. The van der Waals surface area contributed by atoms with Crippen LogP contribution < -0.4 is 0 Å². The summed E-state index contributed by atoms with van der Waals surface area (Å²) in [4.78, 5) is 27.6. The van der Waals surface area contributed by atoms with Gasteiger partial charge >= 0.3 is 6.09 Å². The van der Waals surface area contributed by atoms with Gasteiger partial charge in [0.1, 0.15) is 0 Å². The highest BCUT2D eigenvalue weighted by Crippen LogP contribution is 2.40. The van der Waals surface area contributed by atoms with Crippen LogP contribution in [0, 0.1) is 5.41 Å². The summed E-state index contributed by atoms with van der Waals surface area (Å²) >= 11 is 0. The average molecular weight is 363 g/mol. The Morgan fingerprint density at radius 3 is 2.50 bits per heavy atom. The number of carboxylic acid groups (broad SMARTS) is 1. The number of rotatable bonds is 3. The van der Waals surface area contributed by atoms with Gasteiger partial charge in [-0.3, -0.25) is 9.69 Å². The molecule has 0 radical (unpaired) electrons. The second-order valence-electron chi connectivity index (χ2n) is 9.31. The normalized spacial score (nSPS) is 23.6. The maximum absolute atomic E-state index is 12.6. The van der Waals surface area contributed by atoms with Gasteiger partial charge in [-0.25, -0.2) is 4.79 Å². The standard InChI is InChI=1S/C21H34N2O3/c1-15-8-7-12-21(5,6)17(15)9-10-18(24)22-13-11-16(14-22)23(19(25)26)20(2,3)4/h9-10,16H,7-8,11-14H2,1-6H3,(H,25,26)/b10-9+/t16-/m0/s1. The number of allylic oxidation sites excluding steroid dienone is 3. The molecule has 0 saturated carbocycles. The van der Waals surface area contributed by atoms with E-state index in [1.54, 1.807) is 11.0 Å². The van der Waals surface area contributed by atoms with Gasteiger partial charge in [0.25, 0.3) is 0 Å². The number of hydrogen-bond donors (Lipinski definition) is 1. The van der Waals surface area contributed by atoms with Crippen LogP contribution in [0.2, 0.25) is 0 Å². The smallest absolute Gasteiger partial charge is 0.408 e. The van der Waals surface area contributed by atoms with Gasteiger partial charge in [-0.15, -0.1) is 0 Å². The van der Waals surface area contributed by atoms with E-state index in [1.165, 1.54) is 22.5 Å². The van der Waals surface area contributed by atoms with Crippen molar-refractivity contribution in [3.05, 3.63) is 23.3 Å². The van der Waals surface area contributed by atoms with E-state index in [4.69, 9.17) is 0 Å². The lowest BCUT2D eigenvalue weighted by atomic mass is 9.72. The maximum Gasteiger partial charge on any atom is 0.408 e. The molecule has 26 heavy (non-hydrogen) atoms. The minimum Gasteiger partial charge on any atom is -0.465 e. The average Bonchev–Trinajstić information content (AvgIpc) is 2.93. The van der Waals surface area contributed by atoms with Crippen molar-refractivity contribution in [2.24, 2.45) is 5.41 Å². The molecule has 1 saturated heterocycles. The molecule has 0 bridgehead atoms. The van der Waals surface area contributed by atoms with Crippen molar-refractivity contribution in [3.8, 4) is 0 Å². The molecular formula is C21H34N2O3. The summed E-state index contributed by atoms with van der Waals surface area (Å²) in [5.41, 5.74) is 2.28. The monoisotopic (exact) mass is 362 g/mol. The van der Waals surface area contributed by atoms with E-state index >= 15 is 0 Å². The third kappa shape index (κ3) is 4.49. The van der Waals surface area contributed by atoms with E-state index in [0.29, 0.717) is 19.5 Å². The first-order chi connectivity index (χ1) is 11.9. The van der Waals surface area contributed by atoms with Crippen LogP contribution in [0.5, 0.6) is 0 Å². The highest BCUT2D eigenvalue weighted by molar-refractivity contribution is 5.88. The molecule has 2 rings (SSSR count). The lowest BCUT2D eigenvalue weighted by molar-refractivity contribution is -0.125. The molecule has 0 aromatic rings. The molecule has 1 fully saturated rings. The molecule has 5 nitrogen and oxygen atoms in total. The molecule has 1 heterocycles. The van der Waals surface area contributed by atoms with Crippen LogP contribution in [0.3, 0.4) is 0 Å². The molecular weight excluding hydrogens is 328 g/mol. The molecule has 0 unspecified atom stereocenters. The van der Waals surface area contributed by atoms with Crippen molar-refractivity contribution in [1.82, 2.24) is 9.80 Å². The van der Waals surface area contributed by atoms with Crippen LogP contribution in [-0.2, 0) is 4.79 Å². The highest BCUT2D eigenvalue weighted by Gasteiger charge is 2.38. The lowest BCUT2D eigenvalue weighted by Gasteiger charge is -2.37. The van der Waals surface area contributed by atoms with Crippen LogP contribution in [0.15, 0.2) is 23.3 Å². The van der Waals surface area contributed by atoms with Crippen molar-refractivity contribution in [1.29, 1.82) is 0 Å². The van der Waals surface area contributed by atoms with Gasteiger partial charge in [0, 0.05) is 24.7 Å². The van der Waals surface area contributed by atoms with Gasteiger partial charge < -0.3 is 10.0 Å². The van der Waals surface area contributed by atoms with Gasteiger partial charge in [0.15, 0.2) is 0 Å². The molecule has 0 aromatic heterocycles. The third-order valence-electron chi connectivity index (χ3n) is 5.70. The Hall–Kier alpha value is -1.78. The van der Waals surface area contributed by atoms with Crippen molar-refractivity contribution >= 4 is 12.0 Å². The first kappa shape index (κ1) is 20.5. The quantitative estimate of drug-likeness (QED) is 0.755. The van der Waals surface area contributed by atoms with E-state index in [1.807, 2.05) is 26.8 Å². The summed E-state index contributed by atoms with van der Waals surface area (Å²) in [6, 6.07) is -0.142. The Bertz CT molecular complexity index is 626. The Kier molecular flexibility index (Phi) is 5.89. The Morgan fingerprint density at radius 1 is 1.31 bits per heavy atom. The fraction of sp³-hybridized carbons (Fsp3) is 0.714. The second kappa shape index (κ2) is 7.45. The van der Waals surface area contributed by atoms with Crippen LogP contribution in [0.1, 0.15) is 67.2 Å². The summed E-state index contributed by atoms with van der Waals surface area (Å²) in [6.07, 6.45) is 6.88. The summed E-state index contributed by atoms with van der Waals surface area (Å²) in [5, 5.41) is 9.56. The zero-order valence-electron chi connectivity index (χ0n) is 17.1. The molecule has 1 atom stereocenters. The molecule has 2 aliphatic rings. The number of carbonyl (C=O) groups excluding carboxylic acids is 1. The topological polar surface area (TPSA) is 60.9 Å². The number of hydrogen-bond acceptors (Lipinski definition) is 2. The molecule has 1 aliphatic carbocycles. The first-order valence-electron chi connectivity index (χ1n) is 9.63. The first-order valence-corrected chi connectivity index (χ1v) is 9.63. The fourth-order valence-corrected chi connectivity index (χ4v) is 4.41. The predicted octanol–water partition coefficient (Wildman–Crippen LogP) is 4.45. The Balaban J connectivity index is 2.07. The minimum absolute atomic E-state index is 0.0200. The van der Waals surface area contributed by atoms with Gasteiger partial charge in [0.05, 0.1) is 6.04 Å². The summed E-state index contributed by atoms with van der Waals surface area (Å²) in [6.45, 7) is 13.4. The SMILES string of the molecule is CC1=C(/C=C/C(=O)N2CC[C@H](N(C(=O)O)C(C)(C)C)C2)C(C)(C)CCC1. The van der Waals surface area contributed by atoms with E-state index in [9.17, 15) is 14.7 Å². The molecule has 5 heteroatoms. The van der Waals surface area contributed by atoms with E-state index in [-0.39, 0.29) is 17.4 Å². The Morgan fingerprint density at radius 2 is 1.96 bits per heavy atom. The third-order valence-corrected chi connectivity index (χ3v) is 5.70. The zero-order chi connectivity index (χ0) is 19.7. The molecule has 1 N–H and O–H groups in total. The maximum atomic E-state index is 12.6. The summed E-state index contributed by atoms with van der Waals surface area (Å²) in [5.74, 6) is -0.0200. The van der Waals surface area contributed by atoms with Gasteiger partial charge in [0.2, 0.25) is 5.91 Å². The number of nitrogens with zero attached hydrogens (tertiary/aromatic N) is 2. The molecule has 2 amide bonds. The fourth-order valence-electron chi connectivity index (χ4n) is 4.41.